The molecule has 2 fully saturated rings. The molecule has 0 bridgehead atoms. The molecule has 0 N–H and O–H groups in total. The lowest BCUT2D eigenvalue weighted by Crippen LogP contribution is -2.51. The maximum atomic E-state index is 13.3. The van der Waals surface area contributed by atoms with Crippen molar-refractivity contribution in [2.75, 3.05) is 46.5 Å². The molecule has 2 aliphatic rings. The number of amides is 1. The molecule has 2 atom stereocenters. The summed E-state index contributed by atoms with van der Waals surface area (Å²) in [7, 11) is 1.69. The second kappa shape index (κ2) is 6.73. The van der Waals surface area contributed by atoms with Gasteiger partial charge in [-0.2, -0.15) is 0 Å². The van der Waals surface area contributed by atoms with Gasteiger partial charge in [-0.25, -0.2) is 4.39 Å². The maximum Gasteiger partial charge on any atom is 0.254 e. The number of benzene rings is 1. The van der Waals surface area contributed by atoms with Crippen LogP contribution >= 0.6 is 0 Å². The van der Waals surface area contributed by atoms with Crippen LogP contribution in [0.25, 0.3) is 0 Å². The molecule has 0 aliphatic carbocycles. The zero-order chi connectivity index (χ0) is 15.5. The minimum atomic E-state index is -0.388. The second-order valence-electron chi connectivity index (χ2n) is 5.73. The van der Waals surface area contributed by atoms with Gasteiger partial charge in [-0.3, -0.25) is 9.69 Å². The van der Waals surface area contributed by atoms with Crippen molar-refractivity contribution in [3.05, 3.63) is 35.6 Å². The van der Waals surface area contributed by atoms with Crippen molar-refractivity contribution in [2.45, 2.75) is 12.1 Å². The lowest BCUT2D eigenvalue weighted by Gasteiger charge is -2.36. The molecular weight excluding hydrogens is 287 g/mol. The van der Waals surface area contributed by atoms with Crippen LogP contribution in [0.4, 0.5) is 4.39 Å². The van der Waals surface area contributed by atoms with E-state index in [1.807, 2.05) is 0 Å². The van der Waals surface area contributed by atoms with Gasteiger partial charge < -0.3 is 14.4 Å². The van der Waals surface area contributed by atoms with Gasteiger partial charge in [0, 0.05) is 38.9 Å². The van der Waals surface area contributed by atoms with Crippen LogP contribution in [-0.4, -0.2) is 74.4 Å². The Morgan fingerprint density at radius 2 is 2.32 bits per heavy atom. The number of hydrogen-bond acceptors (Lipinski definition) is 4. The first-order valence-electron chi connectivity index (χ1n) is 7.58. The summed E-state index contributed by atoms with van der Waals surface area (Å²) < 4.78 is 24.2. The summed E-state index contributed by atoms with van der Waals surface area (Å²) in [5, 5.41) is 0. The predicted octanol–water partition coefficient (Wildman–Crippen LogP) is 0.997. The molecule has 120 valence electrons. The number of fused-ring (bicyclic) bond motifs is 1. The molecule has 2 heterocycles. The summed E-state index contributed by atoms with van der Waals surface area (Å²) in [5.74, 6) is -0.523. The molecule has 6 heteroatoms. The normalized spacial score (nSPS) is 25.3. The fraction of sp³-hybridized carbons (Fsp3) is 0.562. The van der Waals surface area contributed by atoms with Gasteiger partial charge in [-0.1, -0.05) is 6.07 Å². The third kappa shape index (κ3) is 3.14. The first-order valence-corrected chi connectivity index (χ1v) is 7.58. The topological polar surface area (TPSA) is 42.0 Å². The minimum absolute atomic E-state index is 0.0307. The van der Waals surface area contributed by atoms with E-state index in [2.05, 4.69) is 4.90 Å². The summed E-state index contributed by atoms with van der Waals surface area (Å²) in [5.41, 5.74) is 0.391. The molecule has 1 aromatic rings. The highest BCUT2D eigenvalue weighted by molar-refractivity contribution is 5.94. The van der Waals surface area contributed by atoms with E-state index >= 15 is 0 Å². The lowest BCUT2D eigenvalue weighted by atomic mass is 10.1. The Hall–Kier alpha value is -1.50. The number of carbonyl (C=O) groups is 1. The summed E-state index contributed by atoms with van der Waals surface area (Å²) in [4.78, 5) is 16.6. The highest BCUT2D eigenvalue weighted by Gasteiger charge is 2.41. The number of likely N-dealkylation sites (tertiary alicyclic amines) is 1. The third-order valence-corrected chi connectivity index (χ3v) is 4.36. The van der Waals surface area contributed by atoms with Gasteiger partial charge in [0.25, 0.3) is 5.91 Å². The minimum Gasteiger partial charge on any atom is -0.383 e. The summed E-state index contributed by atoms with van der Waals surface area (Å²) in [6.45, 7) is 4.21. The number of halogens is 1. The molecule has 0 aromatic heterocycles. The van der Waals surface area contributed by atoms with Crippen molar-refractivity contribution in [3.8, 4) is 0 Å². The van der Waals surface area contributed by atoms with E-state index in [-0.39, 0.29) is 23.9 Å². The summed E-state index contributed by atoms with van der Waals surface area (Å²) in [6, 6.07) is 6.04. The zero-order valence-corrected chi connectivity index (χ0v) is 12.7. The Labute approximate surface area is 129 Å². The van der Waals surface area contributed by atoms with Crippen LogP contribution in [0, 0.1) is 5.82 Å². The Kier molecular flexibility index (Phi) is 4.71. The molecule has 0 spiro atoms. The van der Waals surface area contributed by atoms with Gasteiger partial charge in [0.05, 0.1) is 25.4 Å². The van der Waals surface area contributed by atoms with Crippen molar-refractivity contribution in [3.63, 3.8) is 0 Å². The first kappa shape index (κ1) is 15.4. The fourth-order valence-corrected chi connectivity index (χ4v) is 3.21. The van der Waals surface area contributed by atoms with Crippen molar-refractivity contribution < 1.29 is 18.7 Å². The maximum absolute atomic E-state index is 13.3. The predicted molar refractivity (Wildman–Crippen MR) is 79.3 cm³/mol. The van der Waals surface area contributed by atoms with Crippen molar-refractivity contribution in [2.24, 2.45) is 0 Å². The number of morpholine rings is 1. The molecule has 2 aliphatic heterocycles. The van der Waals surface area contributed by atoms with E-state index in [9.17, 15) is 9.18 Å². The van der Waals surface area contributed by atoms with Crippen molar-refractivity contribution in [1.82, 2.24) is 9.80 Å². The molecule has 0 unspecified atom stereocenters. The quantitative estimate of drug-likeness (QED) is 0.832. The van der Waals surface area contributed by atoms with Crippen LogP contribution < -0.4 is 0 Å². The monoisotopic (exact) mass is 308 g/mol. The smallest absolute Gasteiger partial charge is 0.254 e. The molecule has 2 saturated heterocycles. The van der Waals surface area contributed by atoms with Gasteiger partial charge >= 0.3 is 0 Å². The number of carbonyl (C=O) groups excluding carboxylic acids is 1. The van der Waals surface area contributed by atoms with Crippen LogP contribution in [0.2, 0.25) is 0 Å². The van der Waals surface area contributed by atoms with E-state index in [4.69, 9.17) is 9.47 Å². The Balaban J connectivity index is 1.69. The van der Waals surface area contributed by atoms with Crippen LogP contribution in [-0.2, 0) is 9.47 Å². The van der Waals surface area contributed by atoms with Gasteiger partial charge in [0.15, 0.2) is 0 Å². The Bertz CT molecular complexity index is 540. The fourth-order valence-electron chi connectivity index (χ4n) is 3.21. The largest absolute Gasteiger partial charge is 0.383 e. The van der Waals surface area contributed by atoms with Gasteiger partial charge in [0.1, 0.15) is 5.82 Å². The highest BCUT2D eigenvalue weighted by Crippen LogP contribution is 2.24. The zero-order valence-electron chi connectivity index (χ0n) is 12.7. The standard InChI is InChI=1S/C16H21FN2O3/c1-21-7-5-18-6-8-22-15-11-19(10-14(15)18)16(20)12-3-2-4-13(17)9-12/h2-4,9,14-15H,5-8,10-11H2,1H3/t14-,15+/m1/s1. The number of nitrogens with zero attached hydrogens (tertiary/aromatic N) is 2. The Morgan fingerprint density at radius 1 is 1.45 bits per heavy atom. The average molecular weight is 308 g/mol. The molecule has 3 rings (SSSR count). The highest BCUT2D eigenvalue weighted by atomic mass is 19.1. The van der Waals surface area contributed by atoms with Crippen molar-refractivity contribution >= 4 is 5.91 Å². The van der Waals surface area contributed by atoms with E-state index in [1.54, 1.807) is 24.1 Å². The van der Waals surface area contributed by atoms with Crippen molar-refractivity contribution in [1.29, 1.82) is 0 Å². The first-order chi connectivity index (χ1) is 10.7. The molecule has 1 aromatic carbocycles. The average Bonchev–Trinajstić information content (AvgIpc) is 2.96. The van der Waals surface area contributed by atoms with Crippen LogP contribution in [0.1, 0.15) is 10.4 Å². The summed E-state index contributed by atoms with van der Waals surface area (Å²) >= 11 is 0. The van der Waals surface area contributed by atoms with E-state index < -0.39 is 0 Å². The molecule has 22 heavy (non-hydrogen) atoms. The van der Waals surface area contributed by atoms with Gasteiger partial charge in [-0.15, -0.1) is 0 Å². The van der Waals surface area contributed by atoms with Gasteiger partial charge in [0.2, 0.25) is 0 Å². The SMILES string of the molecule is COCCN1CCO[C@H]2CN(C(=O)c3cccc(F)c3)C[C@H]21. The van der Waals surface area contributed by atoms with E-state index in [1.165, 1.54) is 12.1 Å². The number of rotatable bonds is 4. The number of methoxy groups -OCH3 is 1. The molecule has 0 saturated carbocycles. The number of ether oxygens (including phenoxy) is 2. The Morgan fingerprint density at radius 3 is 3.09 bits per heavy atom. The van der Waals surface area contributed by atoms with E-state index in [0.717, 1.165) is 13.1 Å². The van der Waals surface area contributed by atoms with Crippen LogP contribution in [0.5, 0.6) is 0 Å². The number of hydrogen-bond donors (Lipinski definition) is 0. The molecular formula is C16H21FN2O3. The summed E-state index contributed by atoms with van der Waals surface area (Å²) in [6.07, 6.45) is 0.0307. The lowest BCUT2D eigenvalue weighted by molar-refractivity contribution is -0.0526. The van der Waals surface area contributed by atoms with Crippen LogP contribution in [0.3, 0.4) is 0 Å². The second-order valence-corrected chi connectivity index (χ2v) is 5.73. The van der Waals surface area contributed by atoms with E-state index in [0.29, 0.717) is 31.9 Å². The molecule has 1 amide bonds. The van der Waals surface area contributed by atoms with Gasteiger partial charge in [-0.05, 0) is 18.2 Å². The molecule has 0 radical (unpaired) electrons. The third-order valence-electron chi connectivity index (χ3n) is 4.36. The van der Waals surface area contributed by atoms with Crippen LogP contribution in [0.15, 0.2) is 24.3 Å². The molecule has 5 nitrogen and oxygen atoms in total.